The maximum atomic E-state index is 3.70. The van der Waals surface area contributed by atoms with Gasteiger partial charge in [-0.05, 0) is 24.2 Å². The van der Waals surface area contributed by atoms with E-state index in [1.165, 1.54) is 43.9 Å². The van der Waals surface area contributed by atoms with Gasteiger partial charge in [-0.1, -0.05) is 55.5 Å². The lowest BCUT2D eigenvalue weighted by atomic mass is 9.75. The van der Waals surface area contributed by atoms with Crippen molar-refractivity contribution in [1.29, 1.82) is 0 Å². The summed E-state index contributed by atoms with van der Waals surface area (Å²) in [5, 5.41) is 1.22. The van der Waals surface area contributed by atoms with Gasteiger partial charge in [-0.15, -0.1) is 0 Å². The first-order valence-corrected chi connectivity index (χ1v) is 6.43. The first-order valence-electron chi connectivity index (χ1n) is 5.31. The lowest BCUT2D eigenvalue weighted by Crippen LogP contribution is -2.27. The molecule has 1 fully saturated rings. The van der Waals surface area contributed by atoms with Crippen molar-refractivity contribution >= 4 is 15.9 Å². The number of rotatable bonds is 4. The predicted molar refractivity (Wildman–Crippen MR) is 58.8 cm³/mol. The zero-order chi connectivity index (χ0) is 9.03. The highest BCUT2D eigenvalue weighted by molar-refractivity contribution is 9.09. The first kappa shape index (κ1) is 10.6. The molecule has 0 spiro atoms. The van der Waals surface area contributed by atoms with Crippen molar-refractivity contribution in [3.8, 4) is 0 Å². The van der Waals surface area contributed by atoms with Crippen LogP contribution in [0.3, 0.4) is 0 Å². The summed E-state index contributed by atoms with van der Waals surface area (Å²) in [5.74, 6) is 0.921. The SMILES string of the molecule is CCCC(C)C1(CBr)CCCC1. The molecular formula is C11H21Br. The van der Waals surface area contributed by atoms with Gasteiger partial charge in [0.2, 0.25) is 0 Å². The lowest BCUT2D eigenvalue weighted by molar-refractivity contribution is 0.206. The minimum Gasteiger partial charge on any atom is -0.0922 e. The minimum atomic E-state index is 0.663. The van der Waals surface area contributed by atoms with Crippen LogP contribution in [-0.2, 0) is 0 Å². The fraction of sp³-hybridized carbons (Fsp3) is 1.00. The molecule has 0 aromatic rings. The Hall–Kier alpha value is 0.480. The van der Waals surface area contributed by atoms with E-state index in [1.54, 1.807) is 0 Å². The fourth-order valence-corrected chi connectivity index (χ4v) is 3.69. The van der Waals surface area contributed by atoms with Crippen LogP contribution in [-0.4, -0.2) is 5.33 Å². The van der Waals surface area contributed by atoms with Crippen molar-refractivity contribution in [2.45, 2.75) is 52.4 Å². The third-order valence-electron chi connectivity index (χ3n) is 3.63. The minimum absolute atomic E-state index is 0.663. The van der Waals surface area contributed by atoms with Crippen LogP contribution in [0, 0.1) is 11.3 Å². The molecule has 1 heteroatoms. The fourth-order valence-electron chi connectivity index (χ4n) is 2.58. The van der Waals surface area contributed by atoms with E-state index in [2.05, 4.69) is 29.8 Å². The largest absolute Gasteiger partial charge is 0.0922 e. The second-order valence-electron chi connectivity index (χ2n) is 4.39. The van der Waals surface area contributed by atoms with Gasteiger partial charge in [-0.3, -0.25) is 0 Å². The van der Waals surface area contributed by atoms with Crippen molar-refractivity contribution in [2.75, 3.05) is 5.33 Å². The van der Waals surface area contributed by atoms with Gasteiger partial charge in [-0.2, -0.15) is 0 Å². The second kappa shape index (κ2) is 4.64. The van der Waals surface area contributed by atoms with Crippen LogP contribution in [0.2, 0.25) is 0 Å². The molecule has 0 amide bonds. The molecule has 0 bridgehead atoms. The van der Waals surface area contributed by atoms with Crippen molar-refractivity contribution in [3.63, 3.8) is 0 Å². The Morgan fingerprint density at radius 2 is 1.92 bits per heavy atom. The van der Waals surface area contributed by atoms with Gasteiger partial charge in [0.1, 0.15) is 0 Å². The van der Waals surface area contributed by atoms with E-state index in [1.807, 2.05) is 0 Å². The summed E-state index contributed by atoms with van der Waals surface area (Å²) in [6, 6.07) is 0. The molecule has 0 heterocycles. The van der Waals surface area contributed by atoms with Gasteiger partial charge in [0, 0.05) is 5.33 Å². The highest BCUT2D eigenvalue weighted by Crippen LogP contribution is 2.47. The Kier molecular flexibility index (Phi) is 4.09. The Labute approximate surface area is 85.3 Å². The molecule has 1 saturated carbocycles. The van der Waals surface area contributed by atoms with Crippen LogP contribution >= 0.6 is 15.9 Å². The maximum absolute atomic E-state index is 3.70. The molecule has 1 unspecified atom stereocenters. The van der Waals surface area contributed by atoms with Crippen LogP contribution in [0.5, 0.6) is 0 Å². The first-order chi connectivity index (χ1) is 5.75. The lowest BCUT2D eigenvalue weighted by Gasteiger charge is -2.33. The van der Waals surface area contributed by atoms with Crippen molar-refractivity contribution in [3.05, 3.63) is 0 Å². The van der Waals surface area contributed by atoms with E-state index in [0.717, 1.165) is 5.92 Å². The van der Waals surface area contributed by atoms with Gasteiger partial charge in [0.05, 0.1) is 0 Å². The van der Waals surface area contributed by atoms with Crippen molar-refractivity contribution < 1.29 is 0 Å². The molecule has 0 saturated heterocycles. The van der Waals surface area contributed by atoms with Crippen LogP contribution in [0.15, 0.2) is 0 Å². The molecule has 0 nitrogen and oxygen atoms in total. The Bertz CT molecular complexity index is 125. The Morgan fingerprint density at radius 1 is 1.33 bits per heavy atom. The summed E-state index contributed by atoms with van der Waals surface area (Å²) < 4.78 is 0. The van der Waals surface area contributed by atoms with Gasteiger partial charge >= 0.3 is 0 Å². The summed E-state index contributed by atoms with van der Waals surface area (Å²) >= 11 is 3.70. The smallest absolute Gasteiger partial charge is 0.00905 e. The van der Waals surface area contributed by atoms with Crippen molar-refractivity contribution in [1.82, 2.24) is 0 Å². The normalized spacial score (nSPS) is 24.2. The molecule has 0 N–H and O–H groups in total. The molecule has 0 aromatic heterocycles. The van der Waals surface area contributed by atoms with Crippen LogP contribution < -0.4 is 0 Å². The summed E-state index contributed by atoms with van der Waals surface area (Å²) in [6.45, 7) is 4.74. The molecular weight excluding hydrogens is 212 g/mol. The second-order valence-corrected chi connectivity index (χ2v) is 4.95. The molecule has 1 atom stereocenters. The molecule has 1 rings (SSSR count). The number of hydrogen-bond acceptors (Lipinski definition) is 0. The summed E-state index contributed by atoms with van der Waals surface area (Å²) in [7, 11) is 0. The average Bonchev–Trinajstić information content (AvgIpc) is 2.54. The highest BCUT2D eigenvalue weighted by Gasteiger charge is 2.37. The molecule has 0 aromatic carbocycles. The summed E-state index contributed by atoms with van der Waals surface area (Å²) in [6.07, 6.45) is 8.58. The molecule has 0 radical (unpaired) electrons. The van der Waals surface area contributed by atoms with Crippen LogP contribution in [0.1, 0.15) is 52.4 Å². The van der Waals surface area contributed by atoms with Gasteiger partial charge in [0.25, 0.3) is 0 Å². The van der Waals surface area contributed by atoms with Crippen LogP contribution in [0.25, 0.3) is 0 Å². The molecule has 72 valence electrons. The van der Waals surface area contributed by atoms with Crippen molar-refractivity contribution in [2.24, 2.45) is 11.3 Å². The van der Waals surface area contributed by atoms with Crippen LogP contribution in [0.4, 0.5) is 0 Å². The number of alkyl halides is 1. The third-order valence-corrected chi connectivity index (χ3v) is 4.75. The summed E-state index contributed by atoms with van der Waals surface area (Å²) in [4.78, 5) is 0. The zero-order valence-corrected chi connectivity index (χ0v) is 9.99. The molecule has 1 aliphatic carbocycles. The average molecular weight is 233 g/mol. The molecule has 12 heavy (non-hydrogen) atoms. The predicted octanol–water partition coefficient (Wildman–Crippen LogP) is 4.38. The van der Waals surface area contributed by atoms with Gasteiger partial charge in [-0.25, -0.2) is 0 Å². The van der Waals surface area contributed by atoms with E-state index in [9.17, 15) is 0 Å². The molecule has 1 aliphatic rings. The van der Waals surface area contributed by atoms with E-state index < -0.39 is 0 Å². The standard InChI is InChI=1S/C11H21Br/c1-3-6-10(2)11(9-12)7-4-5-8-11/h10H,3-9H2,1-2H3. The van der Waals surface area contributed by atoms with Gasteiger partial charge in [0.15, 0.2) is 0 Å². The molecule has 0 aliphatic heterocycles. The van der Waals surface area contributed by atoms with E-state index in [0.29, 0.717) is 5.41 Å². The van der Waals surface area contributed by atoms with Gasteiger partial charge < -0.3 is 0 Å². The third kappa shape index (κ3) is 2.04. The quantitative estimate of drug-likeness (QED) is 0.632. The Morgan fingerprint density at radius 3 is 2.33 bits per heavy atom. The van der Waals surface area contributed by atoms with E-state index in [-0.39, 0.29) is 0 Å². The van der Waals surface area contributed by atoms with E-state index >= 15 is 0 Å². The highest BCUT2D eigenvalue weighted by atomic mass is 79.9. The topological polar surface area (TPSA) is 0 Å². The monoisotopic (exact) mass is 232 g/mol. The Balaban J connectivity index is 2.52. The maximum Gasteiger partial charge on any atom is 0.00905 e. The van der Waals surface area contributed by atoms with E-state index in [4.69, 9.17) is 0 Å². The number of halogens is 1. The zero-order valence-electron chi connectivity index (χ0n) is 8.41. The number of hydrogen-bond donors (Lipinski definition) is 0. The summed E-state index contributed by atoms with van der Waals surface area (Å²) in [5.41, 5.74) is 0.663.